The summed E-state index contributed by atoms with van der Waals surface area (Å²) in [4.78, 5) is 16.4. The first-order valence-electron chi connectivity index (χ1n) is 11.3. The normalized spacial score (nSPS) is 10.6. The Morgan fingerprint density at radius 1 is 0.824 bits per heavy atom. The lowest BCUT2D eigenvalue weighted by atomic mass is 10.1. The average Bonchev–Trinajstić information content (AvgIpc) is 2.87. The summed E-state index contributed by atoms with van der Waals surface area (Å²) < 4.78 is 11.8. The van der Waals surface area contributed by atoms with E-state index in [1.54, 1.807) is 12.1 Å². The highest BCUT2D eigenvalue weighted by Crippen LogP contribution is 2.29. The molecule has 1 aromatic heterocycles. The number of nitrogens with zero attached hydrogens (tertiary/aromatic N) is 1. The third-order valence-corrected chi connectivity index (χ3v) is 5.38. The monoisotopic (exact) mass is 453 g/mol. The van der Waals surface area contributed by atoms with Crippen LogP contribution in [-0.4, -0.2) is 22.7 Å². The smallest absolute Gasteiger partial charge is 0.337 e. The van der Waals surface area contributed by atoms with Crippen LogP contribution in [0.25, 0.3) is 11.3 Å². The molecule has 5 heteroatoms. The van der Waals surface area contributed by atoms with Gasteiger partial charge in [0.1, 0.15) is 18.1 Å². The maximum Gasteiger partial charge on any atom is 0.337 e. The van der Waals surface area contributed by atoms with Gasteiger partial charge >= 0.3 is 5.97 Å². The highest BCUT2D eigenvalue weighted by molar-refractivity contribution is 5.89. The van der Waals surface area contributed by atoms with Crippen molar-refractivity contribution in [3.63, 3.8) is 0 Å². The Bertz CT molecular complexity index is 1240. The third-order valence-electron chi connectivity index (χ3n) is 5.38. The van der Waals surface area contributed by atoms with Gasteiger partial charge in [0.05, 0.1) is 23.6 Å². The van der Waals surface area contributed by atoms with Gasteiger partial charge in [0.25, 0.3) is 0 Å². The zero-order chi connectivity index (χ0) is 23.8. The molecule has 0 radical (unpaired) electrons. The molecular weight excluding hydrogens is 426 g/mol. The number of carboxylic acid groups (broad SMARTS) is 1. The zero-order valence-electron chi connectivity index (χ0n) is 19.1. The van der Waals surface area contributed by atoms with Gasteiger partial charge in [-0.2, -0.15) is 0 Å². The predicted octanol–water partition coefficient (Wildman–Crippen LogP) is 6.41. The molecule has 0 atom stereocenters. The maximum atomic E-state index is 11.8. The van der Waals surface area contributed by atoms with Crippen LogP contribution in [0.2, 0.25) is 0 Å². The quantitative estimate of drug-likeness (QED) is 0.301. The van der Waals surface area contributed by atoms with Gasteiger partial charge in [0.15, 0.2) is 0 Å². The SMILES string of the molecule is CCCOc1ccccc1-c1ccc(C(=O)O)c(COc2ccc(Cc3ccccc3)cc2)n1. The molecule has 0 spiro atoms. The van der Waals surface area contributed by atoms with E-state index in [1.807, 2.05) is 73.7 Å². The molecule has 0 unspecified atom stereocenters. The van der Waals surface area contributed by atoms with Gasteiger partial charge < -0.3 is 14.6 Å². The number of rotatable bonds is 10. The Morgan fingerprint density at radius 3 is 2.26 bits per heavy atom. The van der Waals surface area contributed by atoms with Crippen LogP contribution in [0.1, 0.15) is 40.5 Å². The molecule has 3 aromatic carbocycles. The number of carboxylic acids is 1. The van der Waals surface area contributed by atoms with Crippen LogP contribution in [0.15, 0.2) is 91.0 Å². The number of hydrogen-bond donors (Lipinski definition) is 1. The lowest BCUT2D eigenvalue weighted by molar-refractivity contribution is 0.0693. The molecule has 5 nitrogen and oxygen atoms in total. The number of aromatic carboxylic acids is 1. The number of aromatic nitrogens is 1. The van der Waals surface area contributed by atoms with Gasteiger partial charge in [-0.25, -0.2) is 9.78 Å². The molecule has 0 saturated heterocycles. The minimum absolute atomic E-state index is 0.0471. The van der Waals surface area contributed by atoms with Gasteiger partial charge in [-0.05, 0) is 60.4 Å². The topological polar surface area (TPSA) is 68.7 Å². The second-order valence-corrected chi connectivity index (χ2v) is 7.94. The van der Waals surface area contributed by atoms with E-state index in [2.05, 4.69) is 17.1 Å². The number of ether oxygens (including phenoxy) is 2. The van der Waals surface area contributed by atoms with Crippen LogP contribution in [0.5, 0.6) is 11.5 Å². The maximum absolute atomic E-state index is 11.8. The summed E-state index contributed by atoms with van der Waals surface area (Å²) in [5, 5.41) is 9.65. The van der Waals surface area contributed by atoms with Crippen LogP contribution in [0, 0.1) is 0 Å². The molecule has 0 saturated carbocycles. The number of para-hydroxylation sites is 1. The molecule has 1 N–H and O–H groups in total. The predicted molar refractivity (Wildman–Crippen MR) is 132 cm³/mol. The van der Waals surface area contributed by atoms with E-state index in [0.717, 1.165) is 24.2 Å². The Morgan fingerprint density at radius 2 is 1.53 bits per heavy atom. The summed E-state index contributed by atoms with van der Waals surface area (Å²) in [5.74, 6) is 0.346. The fourth-order valence-corrected chi connectivity index (χ4v) is 3.66. The van der Waals surface area contributed by atoms with E-state index >= 15 is 0 Å². The van der Waals surface area contributed by atoms with Crippen molar-refractivity contribution in [1.82, 2.24) is 4.98 Å². The van der Waals surface area contributed by atoms with Crippen LogP contribution < -0.4 is 9.47 Å². The van der Waals surface area contributed by atoms with Crippen LogP contribution in [-0.2, 0) is 13.0 Å². The summed E-state index contributed by atoms with van der Waals surface area (Å²) >= 11 is 0. The molecule has 172 valence electrons. The first-order chi connectivity index (χ1) is 16.6. The summed E-state index contributed by atoms with van der Waals surface area (Å²) in [6.07, 6.45) is 1.73. The molecular formula is C29H27NO4. The van der Waals surface area contributed by atoms with Crippen molar-refractivity contribution in [2.24, 2.45) is 0 Å². The number of pyridine rings is 1. The molecule has 0 amide bonds. The average molecular weight is 454 g/mol. The molecule has 0 aliphatic rings. The third kappa shape index (κ3) is 5.81. The largest absolute Gasteiger partial charge is 0.493 e. The molecule has 0 bridgehead atoms. The van der Waals surface area contributed by atoms with Gasteiger partial charge in [0.2, 0.25) is 0 Å². The number of hydrogen-bond acceptors (Lipinski definition) is 4. The van der Waals surface area contributed by atoms with Crippen molar-refractivity contribution in [3.05, 3.63) is 113 Å². The highest BCUT2D eigenvalue weighted by Gasteiger charge is 2.16. The summed E-state index contributed by atoms with van der Waals surface area (Å²) in [6, 6.07) is 29.0. The molecule has 34 heavy (non-hydrogen) atoms. The highest BCUT2D eigenvalue weighted by atomic mass is 16.5. The van der Waals surface area contributed by atoms with Gasteiger partial charge in [-0.3, -0.25) is 0 Å². The Labute approximate surface area is 199 Å². The van der Waals surface area contributed by atoms with E-state index in [0.29, 0.717) is 23.7 Å². The number of carbonyl (C=O) groups is 1. The van der Waals surface area contributed by atoms with Crippen molar-refractivity contribution in [2.75, 3.05) is 6.61 Å². The first-order valence-corrected chi connectivity index (χ1v) is 11.3. The zero-order valence-corrected chi connectivity index (χ0v) is 19.1. The number of benzene rings is 3. The Kier molecular flexibility index (Phi) is 7.56. The minimum atomic E-state index is -1.04. The van der Waals surface area contributed by atoms with Gasteiger partial charge in [0, 0.05) is 5.56 Å². The molecule has 1 heterocycles. The van der Waals surface area contributed by atoms with Crippen LogP contribution in [0.4, 0.5) is 0 Å². The Hall–Kier alpha value is -4.12. The van der Waals surface area contributed by atoms with Crippen LogP contribution in [0.3, 0.4) is 0 Å². The molecule has 0 fully saturated rings. The fraction of sp³-hybridized carbons (Fsp3) is 0.172. The van der Waals surface area contributed by atoms with Crippen molar-refractivity contribution >= 4 is 5.97 Å². The van der Waals surface area contributed by atoms with Gasteiger partial charge in [-0.1, -0.05) is 61.5 Å². The minimum Gasteiger partial charge on any atom is -0.493 e. The molecule has 4 aromatic rings. The van der Waals surface area contributed by atoms with Crippen molar-refractivity contribution in [2.45, 2.75) is 26.4 Å². The van der Waals surface area contributed by atoms with Gasteiger partial charge in [-0.15, -0.1) is 0 Å². The fourth-order valence-electron chi connectivity index (χ4n) is 3.66. The molecule has 0 aliphatic heterocycles. The second kappa shape index (κ2) is 11.1. The molecule has 4 rings (SSSR count). The second-order valence-electron chi connectivity index (χ2n) is 7.94. The van der Waals surface area contributed by atoms with E-state index in [9.17, 15) is 9.90 Å². The van der Waals surface area contributed by atoms with E-state index in [4.69, 9.17) is 9.47 Å². The Balaban J connectivity index is 1.52. The van der Waals surface area contributed by atoms with E-state index < -0.39 is 5.97 Å². The lowest BCUT2D eigenvalue weighted by Gasteiger charge is -2.13. The first kappa shape index (κ1) is 23.1. The van der Waals surface area contributed by atoms with Crippen molar-refractivity contribution < 1.29 is 19.4 Å². The van der Waals surface area contributed by atoms with Crippen LogP contribution >= 0.6 is 0 Å². The van der Waals surface area contributed by atoms with E-state index in [-0.39, 0.29) is 12.2 Å². The summed E-state index contributed by atoms with van der Waals surface area (Å²) in [7, 11) is 0. The standard InChI is InChI=1S/C29H27NO4/c1-2-18-33-28-11-7-6-10-24(28)26-17-16-25(29(31)32)27(30-26)20-34-23-14-12-22(13-15-23)19-21-8-4-3-5-9-21/h3-17H,2,18-20H2,1H3,(H,31,32). The molecule has 0 aliphatic carbocycles. The summed E-state index contributed by atoms with van der Waals surface area (Å²) in [6.45, 7) is 2.69. The lowest BCUT2D eigenvalue weighted by Crippen LogP contribution is -2.09. The van der Waals surface area contributed by atoms with E-state index in [1.165, 1.54) is 11.1 Å². The van der Waals surface area contributed by atoms with Crippen molar-refractivity contribution in [3.8, 4) is 22.8 Å². The summed E-state index contributed by atoms with van der Waals surface area (Å²) in [5.41, 5.74) is 4.37. The van der Waals surface area contributed by atoms with Crippen molar-refractivity contribution in [1.29, 1.82) is 0 Å².